The van der Waals surface area contributed by atoms with Gasteiger partial charge >= 0.3 is 0 Å². The second-order valence-corrected chi connectivity index (χ2v) is 7.56. The first-order chi connectivity index (χ1) is 11.3. The monoisotopic (exact) mass is 325 g/mol. The lowest BCUT2D eigenvalue weighted by atomic mass is 9.83. The Hall–Kier alpha value is -1.80. The van der Waals surface area contributed by atoms with Crippen molar-refractivity contribution in [1.29, 1.82) is 0 Å². The Morgan fingerprint density at radius 3 is 2.42 bits per heavy atom. The van der Waals surface area contributed by atoms with E-state index in [1.54, 1.807) is 0 Å². The van der Waals surface area contributed by atoms with Gasteiger partial charge in [0.1, 0.15) is 5.75 Å². The Balaban J connectivity index is 2.40. The lowest BCUT2D eigenvalue weighted by Gasteiger charge is -2.25. The number of hydrogen-bond acceptors (Lipinski definition) is 2. The largest absolute Gasteiger partial charge is 0.494 e. The molecular weight excluding hydrogens is 294 g/mol. The van der Waals surface area contributed by atoms with Crippen LogP contribution < -0.4 is 10.5 Å². The number of nitrogens with two attached hydrogens (primary N) is 1. The summed E-state index contributed by atoms with van der Waals surface area (Å²) in [5.41, 5.74) is 11.4. The van der Waals surface area contributed by atoms with Crippen LogP contribution in [-0.2, 0) is 11.8 Å². The molecule has 24 heavy (non-hydrogen) atoms. The summed E-state index contributed by atoms with van der Waals surface area (Å²) in [6.07, 6.45) is 0.936. The standard InChI is InChI=1S/C22H31NO/c1-6-24-21-11-10-19(22(3,4)5)14-20(21)18(15-23)13-17-9-7-8-16(2)12-17/h7-12,14,18H,6,13,15,23H2,1-5H3. The highest BCUT2D eigenvalue weighted by Crippen LogP contribution is 2.34. The van der Waals surface area contributed by atoms with E-state index in [4.69, 9.17) is 10.5 Å². The molecule has 0 radical (unpaired) electrons. The third kappa shape index (κ3) is 4.61. The maximum atomic E-state index is 6.16. The average Bonchev–Trinajstić information content (AvgIpc) is 2.52. The molecule has 1 unspecified atom stereocenters. The van der Waals surface area contributed by atoms with E-state index in [9.17, 15) is 0 Å². The molecule has 130 valence electrons. The Morgan fingerprint density at radius 2 is 1.83 bits per heavy atom. The third-order valence-electron chi connectivity index (χ3n) is 4.46. The lowest BCUT2D eigenvalue weighted by molar-refractivity contribution is 0.333. The van der Waals surface area contributed by atoms with Crippen LogP contribution in [0.5, 0.6) is 5.75 Å². The van der Waals surface area contributed by atoms with Gasteiger partial charge in [-0.1, -0.05) is 62.7 Å². The van der Waals surface area contributed by atoms with Gasteiger partial charge in [0.2, 0.25) is 0 Å². The predicted molar refractivity (Wildman–Crippen MR) is 103 cm³/mol. The fourth-order valence-corrected chi connectivity index (χ4v) is 3.06. The molecule has 2 rings (SSSR count). The van der Waals surface area contributed by atoms with Gasteiger partial charge in [-0.3, -0.25) is 0 Å². The minimum Gasteiger partial charge on any atom is -0.494 e. The Bertz CT molecular complexity index is 670. The zero-order chi connectivity index (χ0) is 17.7. The van der Waals surface area contributed by atoms with Crippen molar-refractivity contribution in [3.8, 4) is 5.75 Å². The fraction of sp³-hybridized carbons (Fsp3) is 0.455. The molecule has 0 aromatic heterocycles. The maximum absolute atomic E-state index is 6.16. The fourth-order valence-electron chi connectivity index (χ4n) is 3.06. The summed E-state index contributed by atoms with van der Waals surface area (Å²) in [6, 6.07) is 15.3. The summed E-state index contributed by atoms with van der Waals surface area (Å²) in [5.74, 6) is 1.23. The molecule has 2 nitrogen and oxygen atoms in total. The van der Waals surface area contributed by atoms with Crippen molar-refractivity contribution in [3.05, 3.63) is 64.7 Å². The molecule has 2 heteroatoms. The minimum absolute atomic E-state index is 0.113. The second kappa shape index (κ2) is 7.85. The number of rotatable bonds is 6. The van der Waals surface area contributed by atoms with Gasteiger partial charge in [-0.2, -0.15) is 0 Å². The molecule has 0 spiro atoms. The highest BCUT2D eigenvalue weighted by molar-refractivity contribution is 5.43. The molecule has 0 saturated carbocycles. The summed E-state index contributed by atoms with van der Waals surface area (Å²) < 4.78 is 5.89. The highest BCUT2D eigenvalue weighted by Gasteiger charge is 2.20. The van der Waals surface area contributed by atoms with Gasteiger partial charge in [0.25, 0.3) is 0 Å². The zero-order valence-electron chi connectivity index (χ0n) is 15.7. The van der Waals surface area contributed by atoms with E-state index in [1.165, 1.54) is 22.3 Å². The molecule has 2 aromatic carbocycles. The normalized spacial score (nSPS) is 12.9. The minimum atomic E-state index is 0.113. The first kappa shape index (κ1) is 18.5. The van der Waals surface area contributed by atoms with E-state index in [-0.39, 0.29) is 11.3 Å². The van der Waals surface area contributed by atoms with E-state index < -0.39 is 0 Å². The molecular formula is C22H31NO. The van der Waals surface area contributed by atoms with E-state index in [0.717, 1.165) is 12.2 Å². The van der Waals surface area contributed by atoms with Crippen molar-refractivity contribution >= 4 is 0 Å². The average molecular weight is 325 g/mol. The first-order valence-electron chi connectivity index (χ1n) is 8.88. The van der Waals surface area contributed by atoms with Crippen LogP contribution in [0.25, 0.3) is 0 Å². The van der Waals surface area contributed by atoms with Crippen LogP contribution in [0.15, 0.2) is 42.5 Å². The molecule has 0 aliphatic carbocycles. The van der Waals surface area contributed by atoms with E-state index >= 15 is 0 Å². The van der Waals surface area contributed by atoms with Crippen molar-refractivity contribution in [1.82, 2.24) is 0 Å². The molecule has 1 atom stereocenters. The number of hydrogen-bond donors (Lipinski definition) is 1. The van der Waals surface area contributed by atoms with E-state index in [0.29, 0.717) is 13.2 Å². The molecule has 0 heterocycles. The molecule has 2 N–H and O–H groups in total. The first-order valence-corrected chi connectivity index (χ1v) is 8.88. The van der Waals surface area contributed by atoms with Crippen LogP contribution in [0, 0.1) is 6.92 Å². The maximum Gasteiger partial charge on any atom is 0.122 e. The van der Waals surface area contributed by atoms with E-state index in [2.05, 4.69) is 70.2 Å². The predicted octanol–water partition coefficient (Wildman–Crippen LogP) is 4.98. The van der Waals surface area contributed by atoms with Crippen LogP contribution in [0.2, 0.25) is 0 Å². The molecule has 0 saturated heterocycles. The van der Waals surface area contributed by atoms with Crippen LogP contribution in [0.3, 0.4) is 0 Å². The molecule has 2 aromatic rings. The number of benzene rings is 2. The quantitative estimate of drug-likeness (QED) is 0.813. The smallest absolute Gasteiger partial charge is 0.122 e. The van der Waals surface area contributed by atoms with Gasteiger partial charge in [0, 0.05) is 5.92 Å². The van der Waals surface area contributed by atoms with Crippen molar-refractivity contribution in [2.24, 2.45) is 5.73 Å². The van der Waals surface area contributed by atoms with Crippen molar-refractivity contribution < 1.29 is 4.74 Å². The summed E-state index contributed by atoms with van der Waals surface area (Å²) in [6.45, 7) is 12.2. The lowest BCUT2D eigenvalue weighted by Crippen LogP contribution is -2.18. The van der Waals surface area contributed by atoms with Crippen molar-refractivity contribution in [3.63, 3.8) is 0 Å². The second-order valence-electron chi connectivity index (χ2n) is 7.56. The van der Waals surface area contributed by atoms with Gasteiger partial charge in [-0.15, -0.1) is 0 Å². The molecule has 0 aliphatic rings. The van der Waals surface area contributed by atoms with E-state index in [1.807, 2.05) is 6.92 Å². The van der Waals surface area contributed by atoms with Gasteiger partial charge < -0.3 is 10.5 Å². The van der Waals surface area contributed by atoms with Crippen molar-refractivity contribution in [2.75, 3.05) is 13.2 Å². The Morgan fingerprint density at radius 1 is 1.08 bits per heavy atom. The molecule has 0 fully saturated rings. The molecule has 0 bridgehead atoms. The summed E-state index contributed by atoms with van der Waals surface area (Å²) in [4.78, 5) is 0. The van der Waals surface area contributed by atoms with Crippen LogP contribution in [0.4, 0.5) is 0 Å². The number of aryl methyl sites for hydroxylation is 1. The van der Waals surface area contributed by atoms with Crippen LogP contribution >= 0.6 is 0 Å². The molecule has 0 amide bonds. The van der Waals surface area contributed by atoms with Gasteiger partial charge in [0.05, 0.1) is 6.61 Å². The Labute approximate surface area is 147 Å². The van der Waals surface area contributed by atoms with Gasteiger partial charge in [-0.05, 0) is 55.0 Å². The zero-order valence-corrected chi connectivity index (χ0v) is 15.7. The topological polar surface area (TPSA) is 35.2 Å². The summed E-state index contributed by atoms with van der Waals surface area (Å²) in [5, 5.41) is 0. The van der Waals surface area contributed by atoms with Crippen LogP contribution in [0.1, 0.15) is 55.9 Å². The highest BCUT2D eigenvalue weighted by atomic mass is 16.5. The summed E-state index contributed by atoms with van der Waals surface area (Å²) in [7, 11) is 0. The Kier molecular flexibility index (Phi) is 6.06. The van der Waals surface area contributed by atoms with Crippen LogP contribution in [-0.4, -0.2) is 13.2 Å². The van der Waals surface area contributed by atoms with Gasteiger partial charge in [0.15, 0.2) is 0 Å². The molecule has 0 aliphatic heterocycles. The van der Waals surface area contributed by atoms with Crippen molar-refractivity contribution in [2.45, 2.75) is 52.4 Å². The SMILES string of the molecule is CCOc1ccc(C(C)(C)C)cc1C(CN)Cc1cccc(C)c1. The third-order valence-corrected chi connectivity index (χ3v) is 4.46. The number of ether oxygens (including phenoxy) is 1. The van der Waals surface area contributed by atoms with Gasteiger partial charge in [-0.25, -0.2) is 0 Å². The summed E-state index contributed by atoms with van der Waals surface area (Å²) >= 11 is 0.